The number of hydrogen-bond acceptors (Lipinski definition) is 5. The first kappa shape index (κ1) is 11.5. The summed E-state index contributed by atoms with van der Waals surface area (Å²) in [6.45, 7) is 1.23. The van der Waals surface area contributed by atoms with E-state index in [0.717, 1.165) is 17.1 Å². The summed E-state index contributed by atoms with van der Waals surface area (Å²) in [5.41, 5.74) is 3.00. The second-order valence-corrected chi connectivity index (χ2v) is 4.95. The van der Waals surface area contributed by atoms with Gasteiger partial charge < -0.3 is 14.8 Å². The molecule has 0 fully saturated rings. The van der Waals surface area contributed by atoms with Gasteiger partial charge in [0.25, 0.3) is 0 Å². The minimum absolute atomic E-state index is 0.147. The predicted octanol–water partition coefficient (Wildman–Crippen LogP) is 2.22. The first-order valence-electron chi connectivity index (χ1n) is 5.83. The lowest BCUT2D eigenvalue weighted by Crippen LogP contribution is -2.18. The molecule has 0 bridgehead atoms. The van der Waals surface area contributed by atoms with E-state index in [-0.39, 0.29) is 6.04 Å². The molecule has 0 amide bonds. The van der Waals surface area contributed by atoms with E-state index in [4.69, 9.17) is 9.47 Å². The maximum Gasteiger partial charge on any atom is 0.161 e. The van der Waals surface area contributed by atoms with E-state index < -0.39 is 0 Å². The summed E-state index contributed by atoms with van der Waals surface area (Å²) in [7, 11) is 1.95. The average molecular weight is 262 g/mol. The number of ether oxygens (including phenoxy) is 2. The highest BCUT2D eigenvalue weighted by Crippen LogP contribution is 2.34. The molecule has 1 aromatic carbocycles. The number of rotatable bonds is 3. The summed E-state index contributed by atoms with van der Waals surface area (Å²) in [4.78, 5) is 5.32. The Hall–Kier alpha value is -1.59. The molecule has 0 aliphatic carbocycles. The zero-order valence-electron chi connectivity index (χ0n) is 10.1. The van der Waals surface area contributed by atoms with Gasteiger partial charge >= 0.3 is 0 Å². The summed E-state index contributed by atoms with van der Waals surface area (Å²) < 4.78 is 11.1. The lowest BCUT2D eigenvalue weighted by molar-refractivity contribution is 0.171. The van der Waals surface area contributed by atoms with Gasteiger partial charge in [-0.3, -0.25) is 4.98 Å². The van der Waals surface area contributed by atoms with E-state index in [2.05, 4.69) is 16.4 Å². The number of hydrogen-bond donors (Lipinski definition) is 1. The maximum absolute atomic E-state index is 5.61. The van der Waals surface area contributed by atoms with Gasteiger partial charge in [-0.25, -0.2) is 0 Å². The van der Waals surface area contributed by atoms with Crippen molar-refractivity contribution in [3.8, 4) is 11.5 Å². The van der Waals surface area contributed by atoms with Crippen LogP contribution in [0.25, 0.3) is 0 Å². The van der Waals surface area contributed by atoms with Crippen LogP contribution >= 0.6 is 11.3 Å². The lowest BCUT2D eigenvalue weighted by Gasteiger charge is -2.21. The number of benzene rings is 1. The van der Waals surface area contributed by atoms with Crippen molar-refractivity contribution in [2.75, 3.05) is 20.3 Å². The molecule has 4 nitrogen and oxygen atoms in total. The molecule has 2 aromatic rings. The fourth-order valence-corrected chi connectivity index (χ4v) is 2.84. The molecule has 1 aromatic heterocycles. The van der Waals surface area contributed by atoms with Crippen LogP contribution < -0.4 is 14.8 Å². The van der Waals surface area contributed by atoms with Gasteiger partial charge in [-0.15, -0.1) is 11.3 Å². The fraction of sp³-hybridized carbons (Fsp3) is 0.308. The number of fused-ring (bicyclic) bond motifs is 1. The zero-order chi connectivity index (χ0) is 12.4. The molecule has 0 saturated heterocycles. The molecule has 1 unspecified atom stereocenters. The van der Waals surface area contributed by atoms with Crippen LogP contribution in [0.4, 0.5) is 0 Å². The van der Waals surface area contributed by atoms with Crippen LogP contribution in [0, 0.1) is 0 Å². The van der Waals surface area contributed by atoms with Crippen molar-refractivity contribution in [2.45, 2.75) is 6.04 Å². The van der Waals surface area contributed by atoms with E-state index >= 15 is 0 Å². The second kappa shape index (κ2) is 4.96. The molecule has 94 valence electrons. The van der Waals surface area contributed by atoms with Gasteiger partial charge in [0, 0.05) is 11.1 Å². The third-order valence-electron chi connectivity index (χ3n) is 2.92. The minimum atomic E-state index is 0.147. The number of nitrogens with zero attached hydrogens (tertiary/aromatic N) is 1. The highest BCUT2D eigenvalue weighted by Gasteiger charge is 2.18. The molecule has 18 heavy (non-hydrogen) atoms. The Labute approximate surface area is 110 Å². The van der Waals surface area contributed by atoms with Gasteiger partial charge in [0.2, 0.25) is 0 Å². The Balaban J connectivity index is 1.95. The lowest BCUT2D eigenvalue weighted by atomic mass is 10.1. The molecule has 1 aliphatic rings. The number of thiazole rings is 1. The summed E-state index contributed by atoms with van der Waals surface area (Å²) >= 11 is 1.64. The summed E-state index contributed by atoms with van der Waals surface area (Å²) in [6.07, 6.45) is 1.89. The summed E-state index contributed by atoms with van der Waals surface area (Å²) in [5, 5.41) is 3.30. The molecule has 1 N–H and O–H groups in total. The Bertz CT molecular complexity index is 528. The highest BCUT2D eigenvalue weighted by atomic mass is 32.1. The molecule has 0 spiro atoms. The smallest absolute Gasteiger partial charge is 0.161 e. The third-order valence-corrected chi connectivity index (χ3v) is 3.76. The molecule has 0 saturated carbocycles. The molecular formula is C13H14N2O2S. The quantitative estimate of drug-likeness (QED) is 0.921. The Morgan fingerprint density at radius 2 is 2.11 bits per heavy atom. The first-order valence-corrected chi connectivity index (χ1v) is 6.71. The van der Waals surface area contributed by atoms with Crippen molar-refractivity contribution in [2.24, 2.45) is 0 Å². The van der Waals surface area contributed by atoms with Gasteiger partial charge in [0.05, 0.1) is 11.6 Å². The predicted molar refractivity (Wildman–Crippen MR) is 70.4 cm³/mol. The Morgan fingerprint density at radius 3 is 2.83 bits per heavy atom. The van der Waals surface area contributed by atoms with Crippen LogP contribution in [0.5, 0.6) is 11.5 Å². The van der Waals surface area contributed by atoms with Crippen LogP contribution in [-0.4, -0.2) is 25.2 Å². The van der Waals surface area contributed by atoms with Crippen LogP contribution in [0.15, 0.2) is 29.9 Å². The van der Waals surface area contributed by atoms with E-state index in [9.17, 15) is 0 Å². The first-order chi connectivity index (χ1) is 8.88. The minimum Gasteiger partial charge on any atom is -0.486 e. The van der Waals surface area contributed by atoms with E-state index in [1.165, 1.54) is 4.88 Å². The van der Waals surface area contributed by atoms with Crippen molar-refractivity contribution in [3.63, 3.8) is 0 Å². The normalized spacial score (nSPS) is 15.4. The monoisotopic (exact) mass is 262 g/mol. The number of nitrogens with one attached hydrogen (secondary N) is 1. The van der Waals surface area contributed by atoms with Gasteiger partial charge in [-0.1, -0.05) is 6.07 Å². The van der Waals surface area contributed by atoms with E-state index in [1.807, 2.05) is 30.9 Å². The van der Waals surface area contributed by atoms with Gasteiger partial charge in [-0.2, -0.15) is 0 Å². The number of aromatic nitrogens is 1. The van der Waals surface area contributed by atoms with Crippen LogP contribution in [-0.2, 0) is 0 Å². The standard InChI is InChI=1S/C13H14N2O2S/c1-14-13(12-7-15-8-18-12)9-2-3-10-11(6-9)17-5-4-16-10/h2-3,6-8,13-14H,4-5H2,1H3. The van der Waals surface area contributed by atoms with Gasteiger partial charge in [0.15, 0.2) is 11.5 Å². The van der Waals surface area contributed by atoms with Crippen LogP contribution in [0.1, 0.15) is 16.5 Å². The van der Waals surface area contributed by atoms with Crippen LogP contribution in [0.3, 0.4) is 0 Å². The summed E-state index contributed by atoms with van der Waals surface area (Å²) in [6, 6.07) is 6.22. The van der Waals surface area contributed by atoms with Crippen molar-refractivity contribution in [1.29, 1.82) is 0 Å². The average Bonchev–Trinajstić information content (AvgIpc) is 2.93. The second-order valence-electron chi connectivity index (χ2n) is 4.03. The SMILES string of the molecule is CNC(c1ccc2c(c1)OCCO2)c1cncs1. The largest absolute Gasteiger partial charge is 0.486 e. The molecule has 1 aliphatic heterocycles. The van der Waals surface area contributed by atoms with Gasteiger partial charge in [0.1, 0.15) is 13.2 Å². The van der Waals surface area contributed by atoms with Crippen LogP contribution in [0.2, 0.25) is 0 Å². The zero-order valence-corrected chi connectivity index (χ0v) is 10.9. The molecular weight excluding hydrogens is 248 g/mol. The maximum atomic E-state index is 5.61. The Kier molecular flexibility index (Phi) is 3.17. The topological polar surface area (TPSA) is 43.4 Å². The fourth-order valence-electron chi connectivity index (χ4n) is 2.08. The Morgan fingerprint density at radius 1 is 1.28 bits per heavy atom. The molecule has 5 heteroatoms. The highest BCUT2D eigenvalue weighted by molar-refractivity contribution is 7.09. The van der Waals surface area contributed by atoms with Crippen molar-refractivity contribution >= 4 is 11.3 Å². The van der Waals surface area contributed by atoms with E-state index in [0.29, 0.717) is 13.2 Å². The van der Waals surface area contributed by atoms with Gasteiger partial charge in [-0.05, 0) is 24.7 Å². The molecule has 0 radical (unpaired) electrons. The van der Waals surface area contributed by atoms with Crippen molar-refractivity contribution < 1.29 is 9.47 Å². The van der Waals surface area contributed by atoms with Crippen molar-refractivity contribution in [1.82, 2.24) is 10.3 Å². The molecule has 3 rings (SSSR count). The third kappa shape index (κ3) is 2.07. The van der Waals surface area contributed by atoms with Crippen molar-refractivity contribution in [3.05, 3.63) is 40.3 Å². The summed E-state index contributed by atoms with van der Waals surface area (Å²) in [5.74, 6) is 1.65. The molecule has 1 atom stereocenters. The molecule has 2 heterocycles. The van der Waals surface area contributed by atoms with E-state index in [1.54, 1.807) is 11.3 Å².